The fraction of sp³-hybridized carbons (Fsp3) is 0.714. The number of rotatable bonds is 4. The third-order valence-electron chi connectivity index (χ3n) is 3.73. The van der Waals surface area contributed by atoms with Crippen LogP contribution in [0.1, 0.15) is 30.5 Å². The summed E-state index contributed by atoms with van der Waals surface area (Å²) in [6.45, 7) is 5.17. The Bertz CT molecular complexity index is 425. The summed E-state index contributed by atoms with van der Waals surface area (Å²) in [5.41, 5.74) is 2.36. The van der Waals surface area contributed by atoms with Crippen LogP contribution in [0.3, 0.4) is 0 Å². The van der Waals surface area contributed by atoms with Crippen LogP contribution in [0.25, 0.3) is 0 Å². The molecule has 1 aliphatic carbocycles. The molecule has 1 aromatic heterocycles. The van der Waals surface area contributed by atoms with E-state index in [0.29, 0.717) is 0 Å². The van der Waals surface area contributed by atoms with E-state index >= 15 is 0 Å². The number of aromatic nitrogens is 2. The van der Waals surface area contributed by atoms with Crippen molar-refractivity contribution in [3.63, 3.8) is 0 Å². The van der Waals surface area contributed by atoms with E-state index in [1.165, 1.54) is 36.3 Å². The minimum absolute atomic E-state index is 0.738. The molecule has 1 saturated heterocycles. The van der Waals surface area contributed by atoms with E-state index in [-0.39, 0.29) is 0 Å². The van der Waals surface area contributed by atoms with Crippen LogP contribution in [0, 0.1) is 6.92 Å². The van der Waals surface area contributed by atoms with Gasteiger partial charge in [0.15, 0.2) is 0 Å². The van der Waals surface area contributed by atoms with Crippen LogP contribution in [0.15, 0.2) is 6.20 Å². The van der Waals surface area contributed by atoms with Crippen molar-refractivity contribution < 1.29 is 0 Å². The molecular formula is C14H22N4S. The molecular weight excluding hydrogens is 256 g/mol. The molecule has 5 heteroatoms. The Labute approximate surface area is 119 Å². The van der Waals surface area contributed by atoms with Gasteiger partial charge in [0.1, 0.15) is 0 Å². The maximum Gasteiger partial charge on any atom is 0.225 e. The fourth-order valence-electron chi connectivity index (χ4n) is 2.29. The molecule has 4 nitrogen and oxygen atoms in total. The molecule has 0 aromatic carbocycles. The van der Waals surface area contributed by atoms with Crippen LogP contribution in [0.2, 0.25) is 0 Å². The molecule has 0 bridgehead atoms. The molecule has 2 fully saturated rings. The molecule has 0 radical (unpaired) electrons. The normalized spacial score (nSPS) is 20.4. The van der Waals surface area contributed by atoms with E-state index < -0.39 is 0 Å². The lowest BCUT2D eigenvalue weighted by molar-refractivity contribution is 0.677. The van der Waals surface area contributed by atoms with Gasteiger partial charge in [-0.15, -0.1) is 0 Å². The van der Waals surface area contributed by atoms with Gasteiger partial charge in [-0.25, -0.2) is 9.97 Å². The molecule has 2 aliphatic rings. The second-order valence-electron chi connectivity index (χ2n) is 5.39. The van der Waals surface area contributed by atoms with Crippen molar-refractivity contribution in [2.45, 2.75) is 38.8 Å². The third kappa shape index (κ3) is 3.60. The summed E-state index contributed by atoms with van der Waals surface area (Å²) in [5, 5.41) is 3.53. The largest absolute Gasteiger partial charge is 0.340 e. The number of hydrogen-bond donors (Lipinski definition) is 1. The summed E-state index contributed by atoms with van der Waals surface area (Å²) >= 11 is 2.03. The van der Waals surface area contributed by atoms with E-state index in [0.717, 1.165) is 37.3 Å². The molecule has 0 atom stereocenters. The van der Waals surface area contributed by atoms with Crippen molar-refractivity contribution in [2.24, 2.45) is 0 Å². The SMILES string of the molecule is Cc1nc(N2CCCSCC2)ncc1CNC1CC1. The number of hydrogen-bond acceptors (Lipinski definition) is 5. The van der Waals surface area contributed by atoms with Gasteiger partial charge in [-0.05, 0) is 31.9 Å². The maximum atomic E-state index is 4.70. The minimum atomic E-state index is 0.738. The second kappa shape index (κ2) is 6.09. The van der Waals surface area contributed by atoms with E-state index in [4.69, 9.17) is 4.98 Å². The van der Waals surface area contributed by atoms with Gasteiger partial charge >= 0.3 is 0 Å². The van der Waals surface area contributed by atoms with Gasteiger partial charge in [0, 0.05) is 48.9 Å². The van der Waals surface area contributed by atoms with Gasteiger partial charge in [-0.2, -0.15) is 11.8 Å². The second-order valence-corrected chi connectivity index (χ2v) is 6.61. The highest BCUT2D eigenvalue weighted by Crippen LogP contribution is 2.20. The zero-order valence-corrected chi connectivity index (χ0v) is 12.4. The quantitative estimate of drug-likeness (QED) is 0.912. The average Bonchev–Trinajstić information content (AvgIpc) is 3.24. The monoisotopic (exact) mass is 278 g/mol. The smallest absolute Gasteiger partial charge is 0.225 e. The van der Waals surface area contributed by atoms with Gasteiger partial charge in [-0.3, -0.25) is 0 Å². The first kappa shape index (κ1) is 13.2. The number of nitrogens with one attached hydrogen (secondary N) is 1. The Hall–Kier alpha value is -0.810. The predicted molar refractivity (Wildman–Crippen MR) is 80.8 cm³/mol. The Morgan fingerprint density at radius 3 is 3.05 bits per heavy atom. The van der Waals surface area contributed by atoms with Crippen LogP contribution in [0.5, 0.6) is 0 Å². The Morgan fingerprint density at radius 1 is 1.37 bits per heavy atom. The number of anilines is 1. The maximum absolute atomic E-state index is 4.70. The zero-order chi connectivity index (χ0) is 13.1. The summed E-state index contributed by atoms with van der Waals surface area (Å²) < 4.78 is 0. The van der Waals surface area contributed by atoms with Gasteiger partial charge in [0.05, 0.1) is 0 Å². The van der Waals surface area contributed by atoms with Crippen molar-refractivity contribution in [2.75, 3.05) is 29.5 Å². The zero-order valence-electron chi connectivity index (χ0n) is 11.6. The lowest BCUT2D eigenvalue weighted by Gasteiger charge is -2.20. The molecule has 19 heavy (non-hydrogen) atoms. The summed E-state index contributed by atoms with van der Waals surface area (Å²) in [4.78, 5) is 11.6. The number of aryl methyl sites for hydroxylation is 1. The lowest BCUT2D eigenvalue weighted by Crippen LogP contribution is -2.28. The van der Waals surface area contributed by atoms with Crippen molar-refractivity contribution >= 4 is 17.7 Å². The van der Waals surface area contributed by atoms with Crippen molar-refractivity contribution in [3.8, 4) is 0 Å². The predicted octanol–water partition coefficient (Wildman–Crippen LogP) is 1.98. The molecule has 3 rings (SSSR count). The van der Waals surface area contributed by atoms with E-state index in [2.05, 4.69) is 22.1 Å². The fourth-order valence-corrected chi connectivity index (χ4v) is 3.18. The number of thioether (sulfide) groups is 1. The Kier molecular flexibility index (Phi) is 4.23. The van der Waals surface area contributed by atoms with Gasteiger partial charge in [-0.1, -0.05) is 0 Å². The average molecular weight is 278 g/mol. The highest BCUT2D eigenvalue weighted by Gasteiger charge is 2.20. The highest BCUT2D eigenvalue weighted by atomic mass is 32.2. The molecule has 0 spiro atoms. The molecule has 0 unspecified atom stereocenters. The lowest BCUT2D eigenvalue weighted by atomic mass is 10.2. The standard InChI is InChI=1S/C14H22N4S/c1-11-12(9-15-13-3-4-13)10-16-14(17-11)18-5-2-7-19-8-6-18/h10,13,15H,2-9H2,1H3. The van der Waals surface area contributed by atoms with Crippen molar-refractivity contribution in [1.82, 2.24) is 15.3 Å². The minimum Gasteiger partial charge on any atom is -0.340 e. The topological polar surface area (TPSA) is 41.1 Å². The van der Waals surface area contributed by atoms with Gasteiger partial charge in [0.2, 0.25) is 5.95 Å². The molecule has 1 aromatic rings. The molecule has 0 amide bonds. The van der Waals surface area contributed by atoms with Crippen molar-refractivity contribution in [1.29, 1.82) is 0 Å². The molecule has 1 aliphatic heterocycles. The Balaban J connectivity index is 1.66. The van der Waals surface area contributed by atoms with E-state index in [1.54, 1.807) is 0 Å². The molecule has 2 heterocycles. The van der Waals surface area contributed by atoms with Crippen LogP contribution >= 0.6 is 11.8 Å². The highest BCUT2D eigenvalue weighted by molar-refractivity contribution is 7.99. The summed E-state index contributed by atoms with van der Waals surface area (Å²) in [6.07, 6.45) is 5.88. The molecule has 1 saturated carbocycles. The first-order valence-corrected chi connectivity index (χ1v) is 8.37. The first-order valence-electron chi connectivity index (χ1n) is 7.21. The summed E-state index contributed by atoms with van der Waals surface area (Å²) in [5.74, 6) is 3.36. The van der Waals surface area contributed by atoms with Gasteiger partial charge in [0.25, 0.3) is 0 Å². The van der Waals surface area contributed by atoms with E-state index in [1.807, 2.05) is 18.0 Å². The van der Waals surface area contributed by atoms with Crippen LogP contribution < -0.4 is 10.2 Å². The summed E-state index contributed by atoms with van der Waals surface area (Å²) in [6, 6.07) is 0.738. The summed E-state index contributed by atoms with van der Waals surface area (Å²) in [7, 11) is 0. The van der Waals surface area contributed by atoms with Crippen LogP contribution in [-0.4, -0.2) is 40.6 Å². The molecule has 1 N–H and O–H groups in total. The van der Waals surface area contributed by atoms with E-state index in [9.17, 15) is 0 Å². The van der Waals surface area contributed by atoms with Crippen LogP contribution in [-0.2, 0) is 6.54 Å². The Morgan fingerprint density at radius 2 is 2.26 bits per heavy atom. The first-order chi connectivity index (χ1) is 9.33. The molecule has 104 valence electrons. The van der Waals surface area contributed by atoms with Crippen LogP contribution in [0.4, 0.5) is 5.95 Å². The van der Waals surface area contributed by atoms with Crippen molar-refractivity contribution in [3.05, 3.63) is 17.5 Å². The third-order valence-corrected chi connectivity index (χ3v) is 4.78. The van der Waals surface area contributed by atoms with Gasteiger partial charge < -0.3 is 10.2 Å². The number of nitrogens with zero attached hydrogens (tertiary/aromatic N) is 3.